The minimum absolute atomic E-state index is 0.235. The average molecular weight is 223 g/mol. The second-order valence-corrected chi connectivity index (χ2v) is 4.14. The molecule has 88 valence electrons. The van der Waals surface area contributed by atoms with Gasteiger partial charge in [0.1, 0.15) is 6.04 Å². The summed E-state index contributed by atoms with van der Waals surface area (Å²) in [6.45, 7) is 4.25. The molecule has 0 unspecified atom stereocenters. The molecule has 5 heteroatoms. The van der Waals surface area contributed by atoms with E-state index in [4.69, 9.17) is 5.11 Å². The van der Waals surface area contributed by atoms with E-state index < -0.39 is 12.0 Å². The molecule has 5 nitrogen and oxygen atoms in total. The molecule has 2 heterocycles. The van der Waals surface area contributed by atoms with Gasteiger partial charge in [0.2, 0.25) is 0 Å². The highest BCUT2D eigenvalue weighted by Gasteiger charge is 2.28. The Kier molecular flexibility index (Phi) is 3.26. The van der Waals surface area contributed by atoms with Gasteiger partial charge in [0.25, 0.3) is 0 Å². The lowest BCUT2D eigenvalue weighted by molar-refractivity contribution is -0.140. The van der Waals surface area contributed by atoms with Gasteiger partial charge in [0.05, 0.1) is 0 Å². The van der Waals surface area contributed by atoms with E-state index in [1.807, 2.05) is 18.3 Å². The molecule has 0 saturated carbocycles. The second kappa shape index (κ2) is 4.67. The van der Waals surface area contributed by atoms with Gasteiger partial charge in [0, 0.05) is 37.6 Å². The fraction of sp³-hybridized carbons (Fsp3) is 0.545. The predicted octanol–water partition coefficient (Wildman–Crippen LogP) is 0.434. The monoisotopic (exact) mass is 223 g/mol. The van der Waals surface area contributed by atoms with Gasteiger partial charge in [-0.25, -0.2) is 0 Å². The minimum Gasteiger partial charge on any atom is -0.480 e. The van der Waals surface area contributed by atoms with E-state index in [1.54, 1.807) is 0 Å². The van der Waals surface area contributed by atoms with E-state index in [-0.39, 0.29) is 6.04 Å². The van der Waals surface area contributed by atoms with Gasteiger partial charge in [-0.05, 0) is 19.1 Å². The summed E-state index contributed by atoms with van der Waals surface area (Å²) in [7, 11) is 0. The van der Waals surface area contributed by atoms with Crippen molar-refractivity contribution < 1.29 is 9.90 Å². The van der Waals surface area contributed by atoms with Crippen molar-refractivity contribution in [2.75, 3.05) is 19.6 Å². The van der Waals surface area contributed by atoms with Crippen LogP contribution in [0.2, 0.25) is 0 Å². The first-order valence-electron chi connectivity index (χ1n) is 5.52. The Morgan fingerprint density at radius 3 is 3.12 bits per heavy atom. The number of hydrogen-bond acceptors (Lipinski definition) is 3. The predicted molar refractivity (Wildman–Crippen MR) is 60.2 cm³/mol. The van der Waals surface area contributed by atoms with E-state index in [9.17, 15) is 4.79 Å². The zero-order valence-electron chi connectivity index (χ0n) is 9.31. The molecule has 16 heavy (non-hydrogen) atoms. The first-order valence-corrected chi connectivity index (χ1v) is 5.52. The maximum Gasteiger partial charge on any atom is 0.322 e. The number of rotatable bonds is 3. The maximum atomic E-state index is 10.9. The molecule has 0 aromatic carbocycles. The van der Waals surface area contributed by atoms with Crippen molar-refractivity contribution >= 4 is 5.97 Å². The molecule has 1 aromatic heterocycles. The molecule has 1 aromatic rings. The largest absolute Gasteiger partial charge is 0.480 e. The first-order chi connectivity index (χ1) is 7.68. The Balaban J connectivity index is 2.01. The molecule has 1 aliphatic rings. The van der Waals surface area contributed by atoms with E-state index in [0.29, 0.717) is 6.54 Å². The summed E-state index contributed by atoms with van der Waals surface area (Å²) in [6.07, 6.45) is 1.89. The summed E-state index contributed by atoms with van der Waals surface area (Å²) >= 11 is 0. The van der Waals surface area contributed by atoms with Crippen molar-refractivity contribution in [3.63, 3.8) is 0 Å². The smallest absolute Gasteiger partial charge is 0.322 e. The molecule has 2 atom stereocenters. The average Bonchev–Trinajstić information content (AvgIpc) is 2.81. The number of aromatic amines is 1. The third kappa shape index (κ3) is 2.25. The number of hydrogen-bond donors (Lipinski definition) is 3. The summed E-state index contributed by atoms with van der Waals surface area (Å²) in [5.41, 5.74) is 1.13. The van der Waals surface area contributed by atoms with Crippen molar-refractivity contribution in [1.29, 1.82) is 0 Å². The van der Waals surface area contributed by atoms with Gasteiger partial charge >= 0.3 is 5.97 Å². The van der Waals surface area contributed by atoms with E-state index in [2.05, 4.69) is 22.1 Å². The van der Waals surface area contributed by atoms with Crippen LogP contribution in [-0.4, -0.2) is 46.6 Å². The fourth-order valence-corrected chi connectivity index (χ4v) is 2.09. The third-order valence-corrected chi connectivity index (χ3v) is 3.12. The van der Waals surface area contributed by atoms with Crippen LogP contribution in [0.25, 0.3) is 0 Å². The second-order valence-electron chi connectivity index (χ2n) is 4.14. The highest BCUT2D eigenvalue weighted by molar-refractivity contribution is 5.73. The van der Waals surface area contributed by atoms with Gasteiger partial charge in [-0.15, -0.1) is 0 Å². The Bertz CT molecular complexity index is 350. The quantitative estimate of drug-likeness (QED) is 0.695. The number of carbonyl (C=O) groups is 1. The molecular weight excluding hydrogens is 206 g/mol. The van der Waals surface area contributed by atoms with Crippen molar-refractivity contribution in [2.45, 2.75) is 19.0 Å². The number of aliphatic carboxylic acids is 1. The zero-order chi connectivity index (χ0) is 11.5. The van der Waals surface area contributed by atoms with Crippen LogP contribution in [0.15, 0.2) is 18.3 Å². The lowest BCUT2D eigenvalue weighted by Crippen LogP contribution is -2.54. The first kappa shape index (κ1) is 11.2. The standard InChI is InChI=1S/C11H17N3O2/c1-8(9-3-2-4-12-9)14-6-5-13-10(7-14)11(15)16/h2-4,8,10,12-13H,5-7H2,1H3,(H,15,16)/t8-,10-/m0/s1. The normalized spacial score (nSPS) is 24.2. The highest BCUT2D eigenvalue weighted by atomic mass is 16.4. The molecule has 1 saturated heterocycles. The van der Waals surface area contributed by atoms with Crippen molar-refractivity contribution in [1.82, 2.24) is 15.2 Å². The molecule has 0 bridgehead atoms. The molecule has 3 N–H and O–H groups in total. The molecule has 0 aliphatic carbocycles. The van der Waals surface area contributed by atoms with E-state index >= 15 is 0 Å². The Hall–Kier alpha value is -1.33. The molecule has 0 spiro atoms. The van der Waals surface area contributed by atoms with Crippen LogP contribution in [0.1, 0.15) is 18.7 Å². The maximum absolute atomic E-state index is 10.9. The van der Waals surface area contributed by atoms with Crippen molar-refractivity contribution in [3.05, 3.63) is 24.0 Å². The summed E-state index contributed by atoms with van der Waals surface area (Å²) in [4.78, 5) is 16.3. The van der Waals surface area contributed by atoms with Crippen LogP contribution in [0, 0.1) is 0 Å². The molecule has 0 radical (unpaired) electrons. The summed E-state index contributed by atoms with van der Waals surface area (Å²) in [6, 6.07) is 3.77. The zero-order valence-corrected chi connectivity index (χ0v) is 9.31. The Morgan fingerprint density at radius 1 is 1.69 bits per heavy atom. The van der Waals surface area contributed by atoms with Gasteiger partial charge in [-0.2, -0.15) is 0 Å². The number of nitrogens with zero attached hydrogens (tertiary/aromatic N) is 1. The number of aromatic nitrogens is 1. The van der Waals surface area contributed by atoms with Crippen LogP contribution in [-0.2, 0) is 4.79 Å². The summed E-state index contributed by atoms with van der Waals surface area (Å²) < 4.78 is 0. The van der Waals surface area contributed by atoms with E-state index in [1.165, 1.54) is 0 Å². The Morgan fingerprint density at radius 2 is 2.50 bits per heavy atom. The Labute approximate surface area is 94.5 Å². The summed E-state index contributed by atoms with van der Waals surface area (Å²) in [5, 5.41) is 12.0. The van der Waals surface area contributed by atoms with Crippen LogP contribution < -0.4 is 5.32 Å². The van der Waals surface area contributed by atoms with Gasteiger partial charge in [-0.3, -0.25) is 9.69 Å². The number of nitrogens with one attached hydrogen (secondary N) is 2. The molecule has 1 fully saturated rings. The van der Waals surface area contributed by atoms with Gasteiger partial charge < -0.3 is 15.4 Å². The highest BCUT2D eigenvalue weighted by Crippen LogP contribution is 2.19. The SMILES string of the molecule is C[C@@H](c1ccc[nH]1)N1CCN[C@H](C(=O)O)C1. The van der Waals surface area contributed by atoms with Crippen LogP contribution in [0.4, 0.5) is 0 Å². The molecule has 0 amide bonds. The number of H-pyrrole nitrogens is 1. The third-order valence-electron chi connectivity index (χ3n) is 3.12. The summed E-state index contributed by atoms with van der Waals surface area (Å²) in [5.74, 6) is -0.775. The van der Waals surface area contributed by atoms with Gasteiger partial charge in [-0.1, -0.05) is 0 Å². The lowest BCUT2D eigenvalue weighted by Gasteiger charge is -2.35. The topological polar surface area (TPSA) is 68.4 Å². The molecule has 2 rings (SSSR count). The van der Waals surface area contributed by atoms with E-state index in [0.717, 1.165) is 18.8 Å². The fourth-order valence-electron chi connectivity index (χ4n) is 2.09. The van der Waals surface area contributed by atoms with Crippen LogP contribution in [0.5, 0.6) is 0 Å². The number of carboxylic acid groups (broad SMARTS) is 1. The number of piperazine rings is 1. The number of carboxylic acids is 1. The molecular formula is C11H17N3O2. The minimum atomic E-state index is -0.775. The van der Waals surface area contributed by atoms with Crippen molar-refractivity contribution in [3.8, 4) is 0 Å². The van der Waals surface area contributed by atoms with Gasteiger partial charge in [0.15, 0.2) is 0 Å². The van der Waals surface area contributed by atoms with Crippen LogP contribution in [0.3, 0.4) is 0 Å². The van der Waals surface area contributed by atoms with Crippen LogP contribution >= 0.6 is 0 Å². The molecule has 1 aliphatic heterocycles. The van der Waals surface area contributed by atoms with Crippen molar-refractivity contribution in [2.24, 2.45) is 0 Å². The lowest BCUT2D eigenvalue weighted by atomic mass is 10.1.